The molecule has 0 aliphatic heterocycles. The van der Waals surface area contributed by atoms with Crippen molar-refractivity contribution in [3.8, 4) is 11.8 Å². The summed E-state index contributed by atoms with van der Waals surface area (Å²) in [7, 11) is 0. The van der Waals surface area contributed by atoms with Gasteiger partial charge < -0.3 is 4.74 Å². The van der Waals surface area contributed by atoms with E-state index in [4.69, 9.17) is 33.2 Å². The van der Waals surface area contributed by atoms with Crippen molar-refractivity contribution in [2.45, 2.75) is 6.61 Å². The quantitative estimate of drug-likeness (QED) is 0.831. The van der Waals surface area contributed by atoms with E-state index in [-0.39, 0.29) is 0 Å². The van der Waals surface area contributed by atoms with Gasteiger partial charge >= 0.3 is 0 Å². The third-order valence-corrected chi connectivity index (χ3v) is 3.09. The van der Waals surface area contributed by atoms with Crippen molar-refractivity contribution >= 4 is 23.2 Å². The minimum absolute atomic E-state index is 0.381. The number of hydrogen-bond donors (Lipinski definition) is 0. The van der Waals surface area contributed by atoms with Crippen LogP contribution in [-0.4, -0.2) is 0 Å². The van der Waals surface area contributed by atoms with E-state index in [2.05, 4.69) is 6.07 Å². The van der Waals surface area contributed by atoms with Gasteiger partial charge in [-0.2, -0.15) is 5.26 Å². The first-order valence-electron chi connectivity index (χ1n) is 5.26. The molecule has 0 fully saturated rings. The smallest absolute Gasteiger partial charge is 0.121 e. The number of nitrogens with zero attached hydrogens (tertiary/aromatic N) is 1. The Kier molecular flexibility index (Phi) is 4.09. The van der Waals surface area contributed by atoms with E-state index in [1.54, 1.807) is 36.4 Å². The minimum atomic E-state index is 0.381. The zero-order chi connectivity index (χ0) is 13.0. The van der Waals surface area contributed by atoms with Crippen molar-refractivity contribution in [1.29, 1.82) is 5.26 Å². The van der Waals surface area contributed by atoms with E-state index in [9.17, 15) is 0 Å². The molecule has 2 aromatic rings. The highest BCUT2D eigenvalue weighted by Crippen LogP contribution is 2.23. The second-order valence-electron chi connectivity index (χ2n) is 3.68. The zero-order valence-electron chi connectivity index (χ0n) is 9.36. The van der Waals surface area contributed by atoms with Gasteiger partial charge in [0.2, 0.25) is 0 Å². The first-order valence-corrected chi connectivity index (χ1v) is 6.01. The van der Waals surface area contributed by atoms with Crippen LogP contribution >= 0.6 is 23.2 Å². The first-order chi connectivity index (χ1) is 8.69. The molecular formula is C14H9Cl2NO. The maximum Gasteiger partial charge on any atom is 0.121 e. The van der Waals surface area contributed by atoms with Gasteiger partial charge in [-0.15, -0.1) is 0 Å². The molecule has 0 saturated heterocycles. The van der Waals surface area contributed by atoms with Crippen molar-refractivity contribution in [3.63, 3.8) is 0 Å². The maximum absolute atomic E-state index is 8.78. The predicted molar refractivity (Wildman–Crippen MR) is 72.0 cm³/mol. The van der Waals surface area contributed by atoms with Crippen molar-refractivity contribution < 1.29 is 4.74 Å². The van der Waals surface area contributed by atoms with Gasteiger partial charge in [-0.05, 0) is 35.9 Å². The Balaban J connectivity index is 2.07. The third-order valence-electron chi connectivity index (χ3n) is 2.35. The number of ether oxygens (including phenoxy) is 1. The molecule has 2 nitrogen and oxygen atoms in total. The van der Waals surface area contributed by atoms with Crippen LogP contribution in [0.3, 0.4) is 0 Å². The number of benzene rings is 2. The summed E-state index contributed by atoms with van der Waals surface area (Å²) in [5, 5.41) is 9.80. The molecule has 2 rings (SSSR count). The first kappa shape index (κ1) is 12.8. The van der Waals surface area contributed by atoms with E-state index >= 15 is 0 Å². The fourth-order valence-corrected chi connectivity index (χ4v) is 1.77. The minimum Gasteiger partial charge on any atom is -0.489 e. The summed E-state index contributed by atoms with van der Waals surface area (Å²) >= 11 is 11.7. The molecule has 18 heavy (non-hydrogen) atoms. The lowest BCUT2D eigenvalue weighted by Crippen LogP contribution is -1.95. The summed E-state index contributed by atoms with van der Waals surface area (Å²) in [5.41, 5.74) is 1.49. The molecule has 0 spiro atoms. The van der Waals surface area contributed by atoms with Crippen LogP contribution in [0.2, 0.25) is 10.0 Å². The van der Waals surface area contributed by atoms with Gasteiger partial charge in [-0.1, -0.05) is 35.3 Å². The van der Waals surface area contributed by atoms with Gasteiger partial charge in [0.1, 0.15) is 12.4 Å². The van der Waals surface area contributed by atoms with Crippen molar-refractivity contribution in [1.82, 2.24) is 0 Å². The average Bonchev–Trinajstić information content (AvgIpc) is 2.40. The highest BCUT2D eigenvalue weighted by Gasteiger charge is 2.01. The largest absolute Gasteiger partial charge is 0.489 e. The lowest BCUT2D eigenvalue weighted by molar-refractivity contribution is 0.306. The van der Waals surface area contributed by atoms with Gasteiger partial charge in [0, 0.05) is 0 Å². The fraction of sp³-hybridized carbons (Fsp3) is 0.0714. The van der Waals surface area contributed by atoms with Gasteiger partial charge in [0.25, 0.3) is 0 Å². The van der Waals surface area contributed by atoms with Crippen LogP contribution in [-0.2, 0) is 6.61 Å². The lowest BCUT2D eigenvalue weighted by Gasteiger charge is -2.07. The van der Waals surface area contributed by atoms with E-state index in [0.29, 0.717) is 28.0 Å². The molecule has 0 bridgehead atoms. The molecule has 0 atom stereocenters. The number of nitriles is 1. The number of hydrogen-bond acceptors (Lipinski definition) is 2. The highest BCUT2D eigenvalue weighted by atomic mass is 35.5. The Morgan fingerprint density at radius 2 is 1.89 bits per heavy atom. The number of halogens is 2. The van der Waals surface area contributed by atoms with Crippen LogP contribution in [0.15, 0.2) is 42.5 Å². The van der Waals surface area contributed by atoms with Crippen LogP contribution in [0.4, 0.5) is 0 Å². The van der Waals surface area contributed by atoms with Crippen LogP contribution in [0, 0.1) is 11.3 Å². The molecule has 2 aromatic carbocycles. The molecule has 0 amide bonds. The molecule has 4 heteroatoms. The molecule has 0 N–H and O–H groups in total. The highest BCUT2D eigenvalue weighted by molar-refractivity contribution is 6.42. The van der Waals surface area contributed by atoms with Gasteiger partial charge in [0.15, 0.2) is 0 Å². The Bertz CT molecular complexity index is 605. The van der Waals surface area contributed by atoms with Crippen LogP contribution in [0.1, 0.15) is 11.1 Å². The van der Waals surface area contributed by atoms with Gasteiger partial charge in [-0.3, -0.25) is 0 Å². The summed E-state index contributed by atoms with van der Waals surface area (Å²) in [6.07, 6.45) is 0. The molecule has 90 valence electrons. The molecule has 0 heterocycles. The van der Waals surface area contributed by atoms with Crippen LogP contribution in [0.25, 0.3) is 0 Å². The molecule has 0 aliphatic carbocycles. The SMILES string of the molecule is N#Cc1cccc(OCc2ccc(Cl)c(Cl)c2)c1. The van der Waals surface area contributed by atoms with Gasteiger partial charge in [-0.25, -0.2) is 0 Å². The lowest BCUT2D eigenvalue weighted by atomic mass is 10.2. The molecule has 0 aromatic heterocycles. The molecule has 0 radical (unpaired) electrons. The van der Waals surface area contributed by atoms with Gasteiger partial charge in [0.05, 0.1) is 21.7 Å². The topological polar surface area (TPSA) is 33.0 Å². The monoisotopic (exact) mass is 277 g/mol. The molecule has 0 aliphatic rings. The molecule has 0 unspecified atom stereocenters. The second kappa shape index (κ2) is 5.77. The average molecular weight is 278 g/mol. The van der Waals surface area contributed by atoms with Crippen molar-refractivity contribution in [2.24, 2.45) is 0 Å². The van der Waals surface area contributed by atoms with Crippen molar-refractivity contribution in [2.75, 3.05) is 0 Å². The normalized spacial score (nSPS) is 9.83. The third kappa shape index (κ3) is 3.16. The van der Waals surface area contributed by atoms with Crippen LogP contribution < -0.4 is 4.74 Å². The number of rotatable bonds is 3. The maximum atomic E-state index is 8.78. The summed E-state index contributed by atoms with van der Waals surface area (Å²) in [5.74, 6) is 0.653. The molecular weight excluding hydrogens is 269 g/mol. The summed E-state index contributed by atoms with van der Waals surface area (Å²) < 4.78 is 5.58. The standard InChI is InChI=1S/C14H9Cl2NO/c15-13-5-4-11(7-14(13)16)9-18-12-3-1-2-10(6-12)8-17/h1-7H,9H2. The predicted octanol–water partition coefficient (Wildman–Crippen LogP) is 4.44. The van der Waals surface area contributed by atoms with Crippen LogP contribution in [0.5, 0.6) is 5.75 Å². The van der Waals surface area contributed by atoms with E-state index < -0.39 is 0 Å². The zero-order valence-corrected chi connectivity index (χ0v) is 10.9. The molecule has 0 saturated carbocycles. The second-order valence-corrected chi connectivity index (χ2v) is 4.49. The van der Waals surface area contributed by atoms with Crippen molar-refractivity contribution in [3.05, 3.63) is 63.6 Å². The summed E-state index contributed by atoms with van der Waals surface area (Å²) in [6.45, 7) is 0.381. The Hall–Kier alpha value is -1.69. The summed E-state index contributed by atoms with van der Waals surface area (Å²) in [4.78, 5) is 0. The van der Waals surface area contributed by atoms with E-state index in [0.717, 1.165) is 5.56 Å². The fourth-order valence-electron chi connectivity index (χ4n) is 1.45. The Morgan fingerprint density at radius 3 is 2.61 bits per heavy atom. The Labute approximate surface area is 115 Å². The summed E-state index contributed by atoms with van der Waals surface area (Å²) in [6, 6.07) is 14.4. The Morgan fingerprint density at radius 1 is 1.06 bits per heavy atom. The van der Waals surface area contributed by atoms with E-state index in [1.165, 1.54) is 0 Å². The van der Waals surface area contributed by atoms with E-state index in [1.807, 2.05) is 6.07 Å².